The normalized spacial score (nSPS) is 29.0. The summed E-state index contributed by atoms with van der Waals surface area (Å²) in [6, 6.07) is 0. The standard InChI is InChI=1S/C13H23NO3/c1-6-12(4,8-15)14-10(16)7-13(5,9(2)3)11(14)17/h9,15H,6-8H2,1-5H3. The zero-order chi connectivity index (χ0) is 13.4. The van der Waals surface area contributed by atoms with Gasteiger partial charge < -0.3 is 5.11 Å². The monoisotopic (exact) mass is 241 g/mol. The molecule has 0 bridgehead atoms. The molecule has 0 aromatic rings. The van der Waals surface area contributed by atoms with E-state index in [1.54, 1.807) is 6.92 Å². The van der Waals surface area contributed by atoms with E-state index in [0.717, 1.165) is 0 Å². The SMILES string of the molecule is CCC(C)(CO)N1C(=O)CC(C)(C(C)C)C1=O. The number of carbonyl (C=O) groups is 2. The summed E-state index contributed by atoms with van der Waals surface area (Å²) < 4.78 is 0. The van der Waals surface area contributed by atoms with Gasteiger partial charge in [-0.1, -0.05) is 20.8 Å². The van der Waals surface area contributed by atoms with Gasteiger partial charge in [-0.05, 0) is 26.2 Å². The number of nitrogens with zero attached hydrogens (tertiary/aromatic N) is 1. The minimum atomic E-state index is -0.763. The van der Waals surface area contributed by atoms with Crippen LogP contribution >= 0.6 is 0 Å². The molecule has 1 aliphatic heterocycles. The fourth-order valence-corrected chi connectivity index (χ4v) is 2.18. The number of rotatable bonds is 4. The predicted molar refractivity (Wildman–Crippen MR) is 65.2 cm³/mol. The lowest BCUT2D eigenvalue weighted by atomic mass is 9.77. The van der Waals surface area contributed by atoms with E-state index in [4.69, 9.17) is 0 Å². The van der Waals surface area contributed by atoms with Crippen LogP contribution in [0.5, 0.6) is 0 Å². The molecule has 4 heteroatoms. The molecule has 2 atom stereocenters. The highest BCUT2D eigenvalue weighted by Crippen LogP contribution is 2.42. The smallest absolute Gasteiger partial charge is 0.236 e. The maximum atomic E-state index is 12.4. The molecule has 0 aromatic carbocycles. The number of hydrogen-bond donors (Lipinski definition) is 1. The Morgan fingerprint density at radius 1 is 1.47 bits per heavy atom. The van der Waals surface area contributed by atoms with Crippen molar-refractivity contribution in [3.8, 4) is 0 Å². The average Bonchev–Trinajstić information content (AvgIpc) is 2.50. The van der Waals surface area contributed by atoms with Gasteiger partial charge in [-0.3, -0.25) is 14.5 Å². The lowest BCUT2D eigenvalue weighted by Gasteiger charge is -2.36. The van der Waals surface area contributed by atoms with Crippen LogP contribution in [0.2, 0.25) is 0 Å². The third kappa shape index (κ3) is 1.99. The van der Waals surface area contributed by atoms with E-state index in [0.29, 0.717) is 6.42 Å². The molecule has 1 fully saturated rings. The van der Waals surface area contributed by atoms with E-state index in [1.165, 1.54) is 4.90 Å². The maximum absolute atomic E-state index is 12.4. The van der Waals surface area contributed by atoms with Gasteiger partial charge in [0, 0.05) is 6.42 Å². The molecule has 17 heavy (non-hydrogen) atoms. The van der Waals surface area contributed by atoms with Crippen molar-refractivity contribution in [2.45, 2.75) is 53.0 Å². The first-order valence-electron chi connectivity index (χ1n) is 6.21. The van der Waals surface area contributed by atoms with Crippen molar-refractivity contribution in [3.63, 3.8) is 0 Å². The van der Waals surface area contributed by atoms with Crippen molar-refractivity contribution < 1.29 is 14.7 Å². The van der Waals surface area contributed by atoms with Gasteiger partial charge >= 0.3 is 0 Å². The van der Waals surface area contributed by atoms with E-state index in [1.807, 2.05) is 27.7 Å². The number of aliphatic hydroxyl groups excluding tert-OH is 1. The van der Waals surface area contributed by atoms with Crippen molar-refractivity contribution in [1.82, 2.24) is 4.90 Å². The molecule has 0 aliphatic carbocycles. The highest BCUT2D eigenvalue weighted by Gasteiger charge is 2.54. The third-order valence-electron chi connectivity index (χ3n) is 4.38. The van der Waals surface area contributed by atoms with Gasteiger partial charge in [-0.25, -0.2) is 0 Å². The quantitative estimate of drug-likeness (QED) is 0.760. The summed E-state index contributed by atoms with van der Waals surface area (Å²) in [5.74, 6) is -0.191. The molecule has 2 unspecified atom stereocenters. The lowest BCUT2D eigenvalue weighted by molar-refractivity contribution is -0.150. The Hall–Kier alpha value is -0.900. The summed E-state index contributed by atoms with van der Waals surface area (Å²) in [4.78, 5) is 25.8. The number of hydrogen-bond acceptors (Lipinski definition) is 3. The first-order valence-corrected chi connectivity index (χ1v) is 6.21. The number of aliphatic hydroxyl groups is 1. The van der Waals surface area contributed by atoms with Crippen LogP contribution < -0.4 is 0 Å². The topological polar surface area (TPSA) is 57.6 Å². The van der Waals surface area contributed by atoms with Gasteiger partial charge in [0.05, 0.1) is 17.6 Å². The largest absolute Gasteiger partial charge is 0.394 e. The molecule has 1 heterocycles. The van der Waals surface area contributed by atoms with Crippen molar-refractivity contribution in [2.75, 3.05) is 6.61 Å². The molecule has 1 aliphatic rings. The first-order chi connectivity index (χ1) is 7.73. The number of imide groups is 1. The van der Waals surface area contributed by atoms with Crippen molar-refractivity contribution in [1.29, 1.82) is 0 Å². The molecule has 98 valence electrons. The second-order valence-electron chi connectivity index (χ2n) is 5.79. The summed E-state index contributed by atoms with van der Waals surface area (Å²) in [5, 5.41) is 9.44. The van der Waals surface area contributed by atoms with Crippen molar-refractivity contribution in [2.24, 2.45) is 11.3 Å². The molecule has 0 radical (unpaired) electrons. The van der Waals surface area contributed by atoms with Crippen LogP contribution in [-0.2, 0) is 9.59 Å². The molecule has 0 spiro atoms. The lowest BCUT2D eigenvalue weighted by Crippen LogP contribution is -2.53. The van der Waals surface area contributed by atoms with E-state index in [2.05, 4.69) is 0 Å². The summed E-state index contributed by atoms with van der Waals surface area (Å²) in [6.07, 6.45) is 0.814. The van der Waals surface area contributed by atoms with Crippen LogP contribution in [0.3, 0.4) is 0 Å². The Kier molecular flexibility index (Phi) is 3.67. The molecule has 4 nitrogen and oxygen atoms in total. The predicted octanol–water partition coefficient (Wildman–Crippen LogP) is 1.57. The minimum Gasteiger partial charge on any atom is -0.394 e. The zero-order valence-corrected chi connectivity index (χ0v) is 11.4. The Morgan fingerprint density at radius 2 is 2.00 bits per heavy atom. The summed E-state index contributed by atoms with van der Waals surface area (Å²) >= 11 is 0. The van der Waals surface area contributed by atoms with Crippen molar-refractivity contribution >= 4 is 11.8 Å². The molecular weight excluding hydrogens is 218 g/mol. The van der Waals surface area contributed by atoms with Gasteiger partial charge in [-0.2, -0.15) is 0 Å². The zero-order valence-electron chi connectivity index (χ0n) is 11.4. The van der Waals surface area contributed by atoms with Crippen LogP contribution in [0.1, 0.15) is 47.5 Å². The second kappa shape index (κ2) is 4.41. The van der Waals surface area contributed by atoms with E-state index < -0.39 is 11.0 Å². The highest BCUT2D eigenvalue weighted by atomic mass is 16.3. The van der Waals surface area contributed by atoms with Gasteiger partial charge in [0.25, 0.3) is 0 Å². The van der Waals surface area contributed by atoms with Crippen LogP contribution in [0, 0.1) is 11.3 Å². The minimum absolute atomic E-state index is 0.115. The highest BCUT2D eigenvalue weighted by molar-refractivity contribution is 6.06. The van der Waals surface area contributed by atoms with E-state index in [-0.39, 0.29) is 30.8 Å². The van der Waals surface area contributed by atoms with E-state index >= 15 is 0 Å². The Bertz CT molecular complexity index is 334. The molecular formula is C13H23NO3. The van der Waals surface area contributed by atoms with Crippen LogP contribution in [0.25, 0.3) is 0 Å². The molecule has 0 saturated carbocycles. The Morgan fingerprint density at radius 3 is 2.29 bits per heavy atom. The fourth-order valence-electron chi connectivity index (χ4n) is 2.18. The molecule has 1 N–H and O–H groups in total. The third-order valence-corrected chi connectivity index (χ3v) is 4.38. The van der Waals surface area contributed by atoms with Gasteiger partial charge in [0.2, 0.25) is 11.8 Å². The number of amides is 2. The summed E-state index contributed by atoms with van der Waals surface area (Å²) in [5.41, 5.74) is -1.39. The Labute approximate surface area is 103 Å². The van der Waals surface area contributed by atoms with Gasteiger partial charge in [0.1, 0.15) is 0 Å². The molecule has 0 aromatic heterocycles. The van der Waals surface area contributed by atoms with E-state index in [9.17, 15) is 14.7 Å². The molecule has 1 saturated heterocycles. The van der Waals surface area contributed by atoms with Crippen LogP contribution in [0.4, 0.5) is 0 Å². The number of likely N-dealkylation sites (tertiary alicyclic amines) is 1. The van der Waals surface area contributed by atoms with Gasteiger partial charge in [0.15, 0.2) is 0 Å². The second-order valence-corrected chi connectivity index (χ2v) is 5.79. The average molecular weight is 241 g/mol. The fraction of sp³-hybridized carbons (Fsp3) is 0.846. The molecule has 2 amide bonds. The van der Waals surface area contributed by atoms with Gasteiger partial charge in [-0.15, -0.1) is 0 Å². The van der Waals surface area contributed by atoms with Crippen LogP contribution in [0.15, 0.2) is 0 Å². The summed E-state index contributed by atoms with van der Waals surface area (Å²) in [7, 11) is 0. The number of carbonyl (C=O) groups excluding carboxylic acids is 2. The molecule has 1 rings (SSSR count). The summed E-state index contributed by atoms with van der Waals surface area (Å²) in [6.45, 7) is 9.20. The Balaban J connectivity index is 3.14. The maximum Gasteiger partial charge on any atom is 0.236 e. The first kappa shape index (κ1) is 14.2. The van der Waals surface area contributed by atoms with Crippen LogP contribution in [-0.4, -0.2) is 34.0 Å². The van der Waals surface area contributed by atoms with Crippen molar-refractivity contribution in [3.05, 3.63) is 0 Å².